The first-order chi connectivity index (χ1) is 9.36. The first kappa shape index (κ1) is 15.0. The fourth-order valence-corrected chi connectivity index (χ4v) is 2.29. The normalized spacial score (nSPS) is 25.4. The lowest BCUT2D eigenvalue weighted by Crippen LogP contribution is -2.43. The van der Waals surface area contributed by atoms with E-state index in [0.29, 0.717) is 6.42 Å². The zero-order valence-electron chi connectivity index (χ0n) is 11.1. The predicted octanol–water partition coefficient (Wildman–Crippen LogP) is 1.40. The molecule has 1 aliphatic carbocycles. The molecule has 5 nitrogen and oxygen atoms in total. The Morgan fingerprint density at radius 2 is 2.15 bits per heavy atom. The van der Waals surface area contributed by atoms with Crippen LogP contribution in [0.25, 0.3) is 0 Å². The monoisotopic (exact) mass is 290 g/mol. The van der Waals surface area contributed by atoms with Crippen LogP contribution in [-0.2, 0) is 4.79 Å². The van der Waals surface area contributed by atoms with Crippen molar-refractivity contribution in [3.05, 3.63) is 0 Å². The van der Waals surface area contributed by atoms with E-state index in [1.54, 1.807) is 0 Å². The molecule has 1 amide bonds. The average Bonchev–Trinajstić information content (AvgIpc) is 2.97. The standard InChI is InChI=1S/C12H17F3N4O/c1-2-16-10(12(13,14)15)18-7-17-9(20)8-3-4-11(19-8)5-6-11/h7-8,19H,2-6H2,1H3,(H,16,17,18,20)/t8-/m0/s1. The third-order valence-electron chi connectivity index (χ3n) is 3.52. The fourth-order valence-electron chi connectivity index (χ4n) is 2.29. The minimum absolute atomic E-state index is 0.0210. The molecular weight excluding hydrogens is 273 g/mol. The summed E-state index contributed by atoms with van der Waals surface area (Å²) < 4.78 is 37.4. The van der Waals surface area contributed by atoms with E-state index in [1.165, 1.54) is 6.92 Å². The SMILES string of the molecule is CCN=C(N=CNC(=O)[C@@H]1CCC2(CC2)N1)C(F)(F)F. The smallest absolute Gasteiger partial charge is 0.315 e. The molecule has 0 bridgehead atoms. The fraction of sp³-hybridized carbons (Fsp3) is 0.750. The van der Waals surface area contributed by atoms with Gasteiger partial charge in [0.2, 0.25) is 11.7 Å². The first-order valence-corrected chi connectivity index (χ1v) is 6.58. The number of hydrogen-bond donors (Lipinski definition) is 2. The van der Waals surface area contributed by atoms with Crippen molar-refractivity contribution in [1.82, 2.24) is 10.6 Å². The van der Waals surface area contributed by atoms with Crippen LogP contribution in [0.5, 0.6) is 0 Å². The molecule has 112 valence electrons. The molecule has 1 saturated heterocycles. The Morgan fingerprint density at radius 3 is 2.65 bits per heavy atom. The van der Waals surface area contributed by atoms with Gasteiger partial charge in [0.15, 0.2) is 0 Å². The molecular formula is C12H17F3N4O. The Morgan fingerprint density at radius 1 is 1.45 bits per heavy atom. The minimum atomic E-state index is -4.61. The van der Waals surface area contributed by atoms with E-state index in [1.807, 2.05) is 0 Å². The van der Waals surface area contributed by atoms with Gasteiger partial charge in [0.05, 0.1) is 12.4 Å². The lowest BCUT2D eigenvalue weighted by Gasteiger charge is -2.11. The van der Waals surface area contributed by atoms with Crippen molar-refractivity contribution in [2.24, 2.45) is 9.98 Å². The molecule has 0 aromatic heterocycles. The molecule has 1 atom stereocenters. The number of nitrogens with one attached hydrogen (secondary N) is 2. The highest BCUT2D eigenvalue weighted by Crippen LogP contribution is 2.44. The number of carbonyl (C=O) groups is 1. The number of amidine groups is 1. The predicted molar refractivity (Wildman–Crippen MR) is 68.8 cm³/mol. The zero-order valence-corrected chi connectivity index (χ0v) is 11.1. The van der Waals surface area contributed by atoms with Gasteiger partial charge in [-0.25, -0.2) is 4.99 Å². The third-order valence-corrected chi connectivity index (χ3v) is 3.52. The summed E-state index contributed by atoms with van der Waals surface area (Å²) in [5.41, 5.74) is 0.111. The highest BCUT2D eigenvalue weighted by atomic mass is 19.4. The lowest BCUT2D eigenvalue weighted by atomic mass is 10.2. The molecule has 0 unspecified atom stereocenters. The van der Waals surface area contributed by atoms with Crippen LogP contribution in [-0.4, -0.2) is 42.4 Å². The van der Waals surface area contributed by atoms with Gasteiger partial charge in [-0.2, -0.15) is 13.2 Å². The molecule has 2 rings (SSSR count). The summed E-state index contributed by atoms with van der Waals surface area (Å²) in [7, 11) is 0. The summed E-state index contributed by atoms with van der Waals surface area (Å²) in [5, 5.41) is 5.49. The zero-order chi connectivity index (χ0) is 14.8. The Kier molecular flexibility index (Phi) is 4.12. The van der Waals surface area contributed by atoms with Gasteiger partial charge in [0.1, 0.15) is 0 Å². The highest BCUT2D eigenvalue weighted by molar-refractivity contribution is 5.98. The molecule has 20 heavy (non-hydrogen) atoms. The van der Waals surface area contributed by atoms with Crippen molar-refractivity contribution < 1.29 is 18.0 Å². The van der Waals surface area contributed by atoms with Crippen molar-refractivity contribution in [2.45, 2.75) is 50.4 Å². The van der Waals surface area contributed by atoms with E-state index in [0.717, 1.165) is 25.6 Å². The van der Waals surface area contributed by atoms with Crippen LogP contribution < -0.4 is 10.6 Å². The van der Waals surface area contributed by atoms with Crippen LogP contribution in [0.4, 0.5) is 13.2 Å². The number of nitrogens with zero attached hydrogens (tertiary/aromatic N) is 2. The van der Waals surface area contributed by atoms with E-state index in [2.05, 4.69) is 20.6 Å². The van der Waals surface area contributed by atoms with Crippen LogP contribution >= 0.6 is 0 Å². The Bertz CT molecular complexity index is 440. The molecule has 2 aliphatic rings. The highest BCUT2D eigenvalue weighted by Gasteiger charge is 2.49. The van der Waals surface area contributed by atoms with Crippen molar-refractivity contribution in [3.8, 4) is 0 Å². The van der Waals surface area contributed by atoms with Gasteiger partial charge in [0, 0.05) is 12.1 Å². The van der Waals surface area contributed by atoms with Crippen molar-refractivity contribution in [1.29, 1.82) is 0 Å². The molecule has 1 spiro atoms. The number of carbonyl (C=O) groups excluding carboxylic acids is 1. The van der Waals surface area contributed by atoms with Gasteiger partial charge in [-0.1, -0.05) is 0 Å². The second kappa shape index (κ2) is 5.51. The maximum absolute atomic E-state index is 12.5. The van der Waals surface area contributed by atoms with Crippen LogP contribution in [0.3, 0.4) is 0 Å². The third kappa shape index (κ3) is 3.56. The topological polar surface area (TPSA) is 65.8 Å². The van der Waals surface area contributed by atoms with Crippen LogP contribution in [0.2, 0.25) is 0 Å². The molecule has 8 heteroatoms. The Labute approximate surface area is 114 Å². The van der Waals surface area contributed by atoms with Crippen molar-refractivity contribution in [3.63, 3.8) is 0 Å². The summed E-state index contributed by atoms with van der Waals surface area (Å²) in [6.45, 7) is 1.46. The van der Waals surface area contributed by atoms with Gasteiger partial charge in [0.25, 0.3) is 0 Å². The van der Waals surface area contributed by atoms with Gasteiger partial charge in [-0.3, -0.25) is 9.79 Å². The van der Waals surface area contributed by atoms with E-state index < -0.39 is 12.0 Å². The molecule has 1 heterocycles. The second-order valence-electron chi connectivity index (χ2n) is 5.08. The molecule has 0 radical (unpaired) electrons. The molecule has 1 aliphatic heterocycles. The second-order valence-corrected chi connectivity index (χ2v) is 5.08. The largest absolute Gasteiger partial charge is 0.451 e. The number of amides is 1. The summed E-state index contributed by atoms with van der Waals surface area (Å²) >= 11 is 0. The molecule has 0 aromatic rings. The van der Waals surface area contributed by atoms with Crippen LogP contribution in [0, 0.1) is 0 Å². The lowest BCUT2D eigenvalue weighted by molar-refractivity contribution is -0.121. The summed E-state index contributed by atoms with van der Waals surface area (Å²) in [4.78, 5) is 18.2. The van der Waals surface area contributed by atoms with Gasteiger partial charge < -0.3 is 10.6 Å². The quantitative estimate of drug-likeness (QED) is 0.609. The van der Waals surface area contributed by atoms with Crippen molar-refractivity contribution >= 4 is 18.1 Å². The van der Waals surface area contributed by atoms with E-state index in [9.17, 15) is 18.0 Å². The number of rotatable bonds is 3. The Balaban J connectivity index is 1.86. The van der Waals surface area contributed by atoms with E-state index >= 15 is 0 Å². The molecule has 0 aromatic carbocycles. The number of aliphatic imine (C=N–C) groups is 2. The van der Waals surface area contributed by atoms with E-state index in [4.69, 9.17) is 0 Å². The summed E-state index contributed by atoms with van der Waals surface area (Å²) in [6.07, 6.45) is -0.0779. The molecule has 1 saturated carbocycles. The van der Waals surface area contributed by atoms with E-state index in [-0.39, 0.29) is 24.0 Å². The average molecular weight is 290 g/mol. The van der Waals surface area contributed by atoms with Crippen molar-refractivity contribution in [2.75, 3.05) is 6.54 Å². The van der Waals surface area contributed by atoms with Crippen LogP contribution in [0.15, 0.2) is 9.98 Å². The summed E-state index contributed by atoms with van der Waals surface area (Å²) in [6, 6.07) is -0.346. The van der Waals surface area contributed by atoms with Gasteiger partial charge in [-0.05, 0) is 32.6 Å². The van der Waals surface area contributed by atoms with Crippen LogP contribution in [0.1, 0.15) is 32.6 Å². The number of hydrogen-bond acceptors (Lipinski definition) is 3. The minimum Gasteiger partial charge on any atom is -0.315 e. The number of halogens is 3. The Hall–Kier alpha value is -1.44. The number of alkyl halides is 3. The maximum Gasteiger partial charge on any atom is 0.451 e. The summed E-state index contributed by atoms with van der Waals surface area (Å²) in [5.74, 6) is -1.59. The maximum atomic E-state index is 12.5. The van der Waals surface area contributed by atoms with Gasteiger partial charge in [-0.15, -0.1) is 0 Å². The van der Waals surface area contributed by atoms with Gasteiger partial charge >= 0.3 is 6.18 Å². The first-order valence-electron chi connectivity index (χ1n) is 6.58. The molecule has 2 fully saturated rings. The molecule has 2 N–H and O–H groups in total.